The molecule has 0 aliphatic heterocycles. The van der Waals surface area contributed by atoms with E-state index >= 15 is 0 Å². The van der Waals surface area contributed by atoms with Crippen molar-refractivity contribution in [3.63, 3.8) is 0 Å². The molecule has 0 bridgehead atoms. The van der Waals surface area contributed by atoms with E-state index in [4.69, 9.17) is 11.6 Å². The predicted molar refractivity (Wildman–Crippen MR) is 130 cm³/mol. The van der Waals surface area contributed by atoms with E-state index in [1.54, 1.807) is 36.4 Å². The minimum atomic E-state index is -3.96. The number of aromatic nitrogens is 1. The zero-order valence-corrected chi connectivity index (χ0v) is 19.5. The SMILES string of the molecule is CN(c1cccc(Cl)c1)S(=O)(=O)c1cccc(C(=O)NNC(=O)c2ccc3ccccc3n2)c1. The van der Waals surface area contributed by atoms with Gasteiger partial charge in [0.2, 0.25) is 0 Å². The average Bonchev–Trinajstić information content (AvgIpc) is 2.86. The Morgan fingerprint density at radius 2 is 1.59 bits per heavy atom. The highest BCUT2D eigenvalue weighted by Crippen LogP contribution is 2.25. The maximum atomic E-state index is 13.1. The molecule has 0 unspecified atom stereocenters. The summed E-state index contributed by atoms with van der Waals surface area (Å²) in [4.78, 5) is 29.2. The van der Waals surface area contributed by atoms with Gasteiger partial charge >= 0.3 is 0 Å². The van der Waals surface area contributed by atoms with Gasteiger partial charge in [0.1, 0.15) is 5.69 Å². The number of hydrazine groups is 1. The van der Waals surface area contributed by atoms with E-state index in [-0.39, 0.29) is 16.2 Å². The summed E-state index contributed by atoms with van der Waals surface area (Å²) in [5.74, 6) is -1.29. The summed E-state index contributed by atoms with van der Waals surface area (Å²) in [5, 5.41) is 1.27. The summed E-state index contributed by atoms with van der Waals surface area (Å²) >= 11 is 5.97. The van der Waals surface area contributed by atoms with Crippen molar-refractivity contribution in [3.8, 4) is 0 Å². The molecule has 8 nitrogen and oxygen atoms in total. The van der Waals surface area contributed by atoms with Crippen LogP contribution in [0.25, 0.3) is 10.9 Å². The number of nitrogens with one attached hydrogen (secondary N) is 2. The van der Waals surface area contributed by atoms with Gasteiger partial charge in [-0.2, -0.15) is 0 Å². The first-order chi connectivity index (χ1) is 16.3. The fraction of sp³-hybridized carbons (Fsp3) is 0.0417. The second-order valence-electron chi connectivity index (χ2n) is 7.28. The molecule has 2 amide bonds. The van der Waals surface area contributed by atoms with Gasteiger partial charge < -0.3 is 0 Å². The smallest absolute Gasteiger partial charge is 0.269 e. The maximum Gasteiger partial charge on any atom is 0.288 e. The fourth-order valence-corrected chi connectivity index (χ4v) is 4.63. The molecule has 0 atom stereocenters. The quantitative estimate of drug-likeness (QED) is 0.410. The molecule has 10 heteroatoms. The largest absolute Gasteiger partial charge is 0.288 e. The number of para-hydroxylation sites is 1. The van der Waals surface area contributed by atoms with Crippen molar-refractivity contribution in [2.24, 2.45) is 0 Å². The molecule has 0 aliphatic carbocycles. The lowest BCUT2D eigenvalue weighted by atomic mass is 10.2. The molecule has 2 N–H and O–H groups in total. The third-order valence-corrected chi connectivity index (χ3v) is 7.06. The Bertz CT molecular complexity index is 1510. The first-order valence-electron chi connectivity index (χ1n) is 10.1. The number of carbonyl (C=O) groups is 2. The number of pyridine rings is 1. The van der Waals surface area contributed by atoms with E-state index in [1.807, 2.05) is 18.2 Å². The van der Waals surface area contributed by atoms with Crippen LogP contribution >= 0.6 is 11.6 Å². The number of amides is 2. The van der Waals surface area contributed by atoms with Gasteiger partial charge in [0.25, 0.3) is 21.8 Å². The van der Waals surface area contributed by atoms with Crippen LogP contribution in [-0.2, 0) is 10.0 Å². The van der Waals surface area contributed by atoms with Gasteiger partial charge in [-0.1, -0.05) is 48.0 Å². The highest BCUT2D eigenvalue weighted by molar-refractivity contribution is 7.92. The summed E-state index contributed by atoms with van der Waals surface area (Å²) in [5.41, 5.74) is 5.77. The Hall–Kier alpha value is -3.95. The Morgan fingerprint density at radius 1 is 0.853 bits per heavy atom. The molecular formula is C24H19ClN4O4S. The number of hydrogen-bond acceptors (Lipinski definition) is 5. The summed E-state index contributed by atoms with van der Waals surface area (Å²) in [6.45, 7) is 0. The molecule has 0 saturated carbocycles. The van der Waals surface area contributed by atoms with E-state index in [0.717, 1.165) is 9.69 Å². The zero-order valence-electron chi connectivity index (χ0n) is 17.9. The number of rotatable bonds is 5. The van der Waals surface area contributed by atoms with Crippen LogP contribution in [0.1, 0.15) is 20.8 Å². The van der Waals surface area contributed by atoms with Gasteiger partial charge in [0.15, 0.2) is 0 Å². The van der Waals surface area contributed by atoms with Crippen molar-refractivity contribution in [3.05, 3.63) is 101 Å². The van der Waals surface area contributed by atoms with Crippen molar-refractivity contribution in [1.82, 2.24) is 15.8 Å². The summed E-state index contributed by atoms with van der Waals surface area (Å²) in [7, 11) is -2.57. The van der Waals surface area contributed by atoms with Crippen molar-refractivity contribution in [1.29, 1.82) is 0 Å². The molecule has 0 saturated heterocycles. The molecule has 0 fully saturated rings. The number of hydrogen-bond donors (Lipinski definition) is 2. The lowest BCUT2D eigenvalue weighted by molar-refractivity contribution is 0.0844. The van der Waals surface area contributed by atoms with Crippen molar-refractivity contribution in [2.45, 2.75) is 4.90 Å². The third kappa shape index (κ3) is 4.85. The summed E-state index contributed by atoms with van der Waals surface area (Å²) in [6.07, 6.45) is 0. The molecule has 0 aliphatic rings. The number of halogens is 1. The lowest BCUT2D eigenvalue weighted by Gasteiger charge is -2.20. The van der Waals surface area contributed by atoms with Crippen LogP contribution in [0.5, 0.6) is 0 Å². The summed E-state index contributed by atoms with van der Waals surface area (Å²) < 4.78 is 27.2. The topological polar surface area (TPSA) is 108 Å². The van der Waals surface area contributed by atoms with Crippen LogP contribution < -0.4 is 15.2 Å². The highest BCUT2D eigenvalue weighted by atomic mass is 35.5. The summed E-state index contributed by atoms with van der Waals surface area (Å²) in [6, 6.07) is 22.5. The second-order valence-corrected chi connectivity index (χ2v) is 9.68. The number of benzene rings is 3. The molecule has 0 spiro atoms. The van der Waals surface area contributed by atoms with Crippen molar-refractivity contribution in [2.75, 3.05) is 11.4 Å². The Morgan fingerprint density at radius 3 is 2.38 bits per heavy atom. The van der Waals surface area contributed by atoms with E-state index < -0.39 is 21.8 Å². The number of carbonyl (C=O) groups excluding carboxylic acids is 2. The second kappa shape index (κ2) is 9.50. The predicted octanol–water partition coefficient (Wildman–Crippen LogP) is 3.79. The normalized spacial score (nSPS) is 11.1. The lowest BCUT2D eigenvalue weighted by Crippen LogP contribution is -2.42. The molecule has 34 heavy (non-hydrogen) atoms. The Kier molecular flexibility index (Phi) is 6.49. The van der Waals surface area contributed by atoms with E-state index in [0.29, 0.717) is 16.2 Å². The van der Waals surface area contributed by atoms with Crippen LogP contribution in [0.2, 0.25) is 5.02 Å². The van der Waals surface area contributed by atoms with E-state index in [1.165, 1.54) is 37.4 Å². The number of nitrogens with zero attached hydrogens (tertiary/aromatic N) is 2. The van der Waals surface area contributed by atoms with Gasteiger partial charge in [0, 0.05) is 23.0 Å². The minimum absolute atomic E-state index is 0.0485. The standard InChI is InChI=1S/C24H19ClN4O4S/c1-29(19-9-5-8-18(25)15-19)34(32,33)20-10-4-7-17(14-20)23(30)27-28-24(31)22-13-12-16-6-2-3-11-21(16)26-22/h2-15H,1H3,(H,27,30)(H,28,31). The molecule has 1 heterocycles. The molecular weight excluding hydrogens is 476 g/mol. The molecule has 3 aromatic carbocycles. The minimum Gasteiger partial charge on any atom is -0.269 e. The van der Waals surface area contributed by atoms with Crippen LogP contribution in [0, 0.1) is 0 Å². The molecule has 172 valence electrons. The monoisotopic (exact) mass is 494 g/mol. The number of sulfonamides is 1. The number of anilines is 1. The van der Waals surface area contributed by atoms with Crippen LogP contribution in [0.4, 0.5) is 5.69 Å². The van der Waals surface area contributed by atoms with E-state index in [9.17, 15) is 18.0 Å². The Balaban J connectivity index is 1.48. The number of fused-ring (bicyclic) bond motifs is 1. The zero-order chi connectivity index (χ0) is 24.3. The van der Waals surface area contributed by atoms with Crippen molar-refractivity contribution >= 4 is 50.0 Å². The van der Waals surface area contributed by atoms with Crippen LogP contribution in [0.3, 0.4) is 0 Å². The van der Waals surface area contributed by atoms with E-state index in [2.05, 4.69) is 15.8 Å². The first-order valence-corrected chi connectivity index (χ1v) is 11.9. The van der Waals surface area contributed by atoms with Gasteiger partial charge in [-0.05, 0) is 48.5 Å². The third-order valence-electron chi connectivity index (χ3n) is 5.05. The molecule has 4 aromatic rings. The van der Waals surface area contributed by atoms with Gasteiger partial charge in [-0.25, -0.2) is 13.4 Å². The molecule has 1 aromatic heterocycles. The average molecular weight is 495 g/mol. The van der Waals surface area contributed by atoms with Crippen LogP contribution in [0.15, 0.2) is 89.8 Å². The first kappa shape index (κ1) is 23.2. The van der Waals surface area contributed by atoms with Crippen molar-refractivity contribution < 1.29 is 18.0 Å². The highest BCUT2D eigenvalue weighted by Gasteiger charge is 2.23. The Labute approximate surface area is 201 Å². The van der Waals surface area contributed by atoms with Gasteiger partial charge in [-0.3, -0.25) is 24.7 Å². The van der Waals surface area contributed by atoms with Gasteiger partial charge in [0.05, 0.1) is 16.1 Å². The molecule has 4 rings (SSSR count). The molecule has 0 radical (unpaired) electrons. The maximum absolute atomic E-state index is 13.1. The van der Waals surface area contributed by atoms with Crippen LogP contribution in [-0.4, -0.2) is 32.3 Å². The van der Waals surface area contributed by atoms with Gasteiger partial charge in [-0.15, -0.1) is 0 Å². The fourth-order valence-electron chi connectivity index (χ4n) is 3.21.